The van der Waals surface area contributed by atoms with Crippen molar-refractivity contribution < 1.29 is 19.5 Å². The zero-order chi connectivity index (χ0) is 13.6. The summed E-state index contributed by atoms with van der Waals surface area (Å²) in [5.74, 6) is -2.47. The molecule has 7 heteroatoms. The van der Waals surface area contributed by atoms with Crippen LogP contribution in [0.2, 0.25) is 0 Å². The number of hydrogen-bond donors (Lipinski definition) is 4. The molecule has 7 nitrogen and oxygen atoms in total. The number of nitrogens with one attached hydrogen (secondary N) is 1. The van der Waals surface area contributed by atoms with E-state index in [1.807, 2.05) is 0 Å². The first-order valence-corrected chi connectivity index (χ1v) is 5.32. The van der Waals surface area contributed by atoms with E-state index < -0.39 is 29.9 Å². The summed E-state index contributed by atoms with van der Waals surface area (Å²) in [6.07, 6.45) is -0.143. The quantitative estimate of drug-likeness (QED) is 0.447. The van der Waals surface area contributed by atoms with Gasteiger partial charge < -0.3 is 21.9 Å². The van der Waals surface area contributed by atoms with E-state index in [0.29, 0.717) is 0 Å². The maximum atomic E-state index is 11.5. The molecule has 0 heterocycles. The second-order valence-corrected chi connectivity index (χ2v) is 4.17. The van der Waals surface area contributed by atoms with Gasteiger partial charge in [-0.3, -0.25) is 9.59 Å². The number of carboxylic acid groups (broad SMARTS) is 1. The molecule has 2 atom stereocenters. The molecule has 17 heavy (non-hydrogen) atoms. The Bertz CT molecular complexity index is 304. The Hall–Kier alpha value is -1.63. The van der Waals surface area contributed by atoms with Crippen molar-refractivity contribution in [3.63, 3.8) is 0 Å². The van der Waals surface area contributed by atoms with E-state index in [0.717, 1.165) is 0 Å². The smallest absolute Gasteiger partial charge is 0.326 e. The summed E-state index contributed by atoms with van der Waals surface area (Å²) < 4.78 is 0. The highest BCUT2D eigenvalue weighted by molar-refractivity contribution is 5.87. The predicted molar refractivity (Wildman–Crippen MR) is 60.8 cm³/mol. The van der Waals surface area contributed by atoms with Gasteiger partial charge in [0, 0.05) is 6.42 Å². The molecule has 0 aliphatic heterocycles. The molecule has 0 saturated heterocycles. The fourth-order valence-electron chi connectivity index (χ4n) is 1.11. The number of nitrogens with two attached hydrogens (primary N) is 2. The van der Waals surface area contributed by atoms with Crippen molar-refractivity contribution in [1.29, 1.82) is 0 Å². The highest BCUT2D eigenvalue weighted by Crippen LogP contribution is 2.02. The van der Waals surface area contributed by atoms with Crippen LogP contribution in [0.15, 0.2) is 0 Å². The monoisotopic (exact) mass is 245 g/mol. The van der Waals surface area contributed by atoms with Crippen molar-refractivity contribution in [2.45, 2.75) is 38.8 Å². The molecule has 0 bridgehead atoms. The van der Waals surface area contributed by atoms with Gasteiger partial charge in [0.25, 0.3) is 0 Å². The lowest BCUT2D eigenvalue weighted by atomic mass is 10.0. The van der Waals surface area contributed by atoms with E-state index in [2.05, 4.69) is 5.32 Å². The number of aliphatic carboxylic acids is 1. The molecule has 0 aromatic heterocycles. The number of amides is 2. The summed E-state index contributed by atoms with van der Waals surface area (Å²) in [7, 11) is 0. The maximum Gasteiger partial charge on any atom is 0.326 e. The van der Waals surface area contributed by atoms with Gasteiger partial charge in [-0.2, -0.15) is 0 Å². The van der Waals surface area contributed by atoms with Gasteiger partial charge in [0.1, 0.15) is 6.04 Å². The van der Waals surface area contributed by atoms with Crippen molar-refractivity contribution in [1.82, 2.24) is 5.32 Å². The van der Waals surface area contributed by atoms with Crippen molar-refractivity contribution >= 4 is 17.8 Å². The van der Waals surface area contributed by atoms with Crippen LogP contribution in [0.5, 0.6) is 0 Å². The van der Waals surface area contributed by atoms with Crippen molar-refractivity contribution in [3.05, 3.63) is 0 Å². The molecule has 0 spiro atoms. The van der Waals surface area contributed by atoms with Crippen molar-refractivity contribution in [2.75, 3.05) is 0 Å². The highest BCUT2D eigenvalue weighted by Gasteiger charge is 2.24. The molecule has 0 rings (SSSR count). The van der Waals surface area contributed by atoms with Gasteiger partial charge in [-0.15, -0.1) is 0 Å². The van der Waals surface area contributed by atoms with Crippen LogP contribution in [-0.4, -0.2) is 35.0 Å². The summed E-state index contributed by atoms with van der Waals surface area (Å²) in [4.78, 5) is 32.9. The highest BCUT2D eigenvalue weighted by atomic mass is 16.4. The van der Waals surface area contributed by atoms with Crippen LogP contribution < -0.4 is 16.8 Å². The maximum absolute atomic E-state index is 11.5. The topological polar surface area (TPSA) is 136 Å². The number of carbonyl (C=O) groups is 3. The number of rotatable bonds is 7. The van der Waals surface area contributed by atoms with Gasteiger partial charge in [-0.05, 0) is 12.3 Å². The van der Waals surface area contributed by atoms with Crippen molar-refractivity contribution in [2.24, 2.45) is 17.4 Å². The molecule has 0 aromatic rings. The minimum Gasteiger partial charge on any atom is -0.480 e. The van der Waals surface area contributed by atoms with Gasteiger partial charge in [0.2, 0.25) is 11.8 Å². The summed E-state index contributed by atoms with van der Waals surface area (Å²) >= 11 is 0. The minimum atomic E-state index is -1.21. The molecule has 0 aliphatic rings. The van der Waals surface area contributed by atoms with Crippen LogP contribution in [-0.2, 0) is 14.4 Å². The molecular formula is C10H19N3O4. The molecule has 2 amide bonds. The summed E-state index contributed by atoms with van der Waals surface area (Å²) in [6.45, 7) is 3.51. The van der Waals surface area contributed by atoms with E-state index in [1.54, 1.807) is 13.8 Å². The Morgan fingerprint density at radius 1 is 1.29 bits per heavy atom. The first-order chi connectivity index (χ1) is 7.75. The van der Waals surface area contributed by atoms with Gasteiger partial charge in [-0.1, -0.05) is 13.8 Å². The SMILES string of the molecule is CC(C)C(N)C(=O)N[C@@H](CCC(N)=O)C(=O)O. The standard InChI is InChI=1S/C10H19N3O4/c1-5(2)8(12)9(15)13-6(10(16)17)3-4-7(11)14/h5-6,8H,3-4,12H2,1-2H3,(H2,11,14)(H,13,15)(H,16,17)/t6-,8?/m0/s1. The first kappa shape index (κ1) is 15.4. The molecule has 0 aliphatic carbocycles. The lowest BCUT2D eigenvalue weighted by Gasteiger charge is -2.19. The third-order valence-corrected chi connectivity index (χ3v) is 2.31. The number of carbonyl (C=O) groups excluding carboxylic acids is 2. The Balaban J connectivity index is 4.39. The van der Waals surface area contributed by atoms with Crippen LogP contribution in [0.25, 0.3) is 0 Å². The van der Waals surface area contributed by atoms with Crippen LogP contribution in [0.4, 0.5) is 0 Å². The Morgan fingerprint density at radius 2 is 1.82 bits per heavy atom. The number of primary amides is 1. The van der Waals surface area contributed by atoms with Gasteiger partial charge in [0.15, 0.2) is 0 Å². The summed E-state index contributed by atoms with van der Waals surface area (Å²) in [5.41, 5.74) is 10.5. The molecule has 0 radical (unpaired) electrons. The fourth-order valence-corrected chi connectivity index (χ4v) is 1.11. The lowest BCUT2D eigenvalue weighted by molar-refractivity contribution is -0.142. The molecule has 0 saturated carbocycles. The average Bonchev–Trinajstić information content (AvgIpc) is 2.21. The molecule has 6 N–H and O–H groups in total. The second-order valence-electron chi connectivity index (χ2n) is 4.17. The summed E-state index contributed by atoms with van der Waals surface area (Å²) in [6, 6.07) is -1.91. The van der Waals surface area contributed by atoms with Gasteiger partial charge >= 0.3 is 5.97 Å². The normalized spacial score (nSPS) is 14.1. The first-order valence-electron chi connectivity index (χ1n) is 5.32. The third-order valence-electron chi connectivity index (χ3n) is 2.31. The predicted octanol–water partition coefficient (Wildman–Crippen LogP) is -1.20. The second kappa shape index (κ2) is 6.85. The van der Waals surface area contributed by atoms with E-state index in [4.69, 9.17) is 16.6 Å². The van der Waals surface area contributed by atoms with E-state index in [1.165, 1.54) is 0 Å². The molecule has 0 fully saturated rings. The van der Waals surface area contributed by atoms with Crippen LogP contribution in [0, 0.1) is 5.92 Å². The lowest BCUT2D eigenvalue weighted by Crippen LogP contribution is -2.50. The number of carboxylic acids is 1. The largest absolute Gasteiger partial charge is 0.480 e. The minimum absolute atomic E-state index is 0.0405. The zero-order valence-electron chi connectivity index (χ0n) is 9.97. The van der Waals surface area contributed by atoms with Crippen LogP contribution >= 0.6 is 0 Å². The average molecular weight is 245 g/mol. The fraction of sp³-hybridized carbons (Fsp3) is 0.700. The zero-order valence-corrected chi connectivity index (χ0v) is 9.97. The summed E-state index contributed by atoms with van der Waals surface area (Å²) in [5, 5.41) is 11.1. The van der Waals surface area contributed by atoms with Crippen molar-refractivity contribution in [3.8, 4) is 0 Å². The number of hydrogen-bond acceptors (Lipinski definition) is 4. The van der Waals surface area contributed by atoms with Crippen LogP contribution in [0.3, 0.4) is 0 Å². The molecule has 98 valence electrons. The molecule has 1 unspecified atom stereocenters. The third kappa shape index (κ3) is 5.86. The Kier molecular flexibility index (Phi) is 6.19. The van der Waals surface area contributed by atoms with Gasteiger partial charge in [0.05, 0.1) is 6.04 Å². The molecule has 0 aromatic carbocycles. The van der Waals surface area contributed by atoms with Crippen LogP contribution in [0.1, 0.15) is 26.7 Å². The van der Waals surface area contributed by atoms with E-state index in [9.17, 15) is 14.4 Å². The Morgan fingerprint density at radius 3 is 2.18 bits per heavy atom. The Labute approximate surface area is 99.5 Å². The molecular weight excluding hydrogens is 226 g/mol. The van der Waals surface area contributed by atoms with E-state index >= 15 is 0 Å². The van der Waals surface area contributed by atoms with Gasteiger partial charge in [-0.25, -0.2) is 4.79 Å². The van der Waals surface area contributed by atoms with E-state index in [-0.39, 0.29) is 18.8 Å².